The Bertz CT molecular complexity index is 553. The van der Waals surface area contributed by atoms with E-state index in [0.717, 1.165) is 51.7 Å². The summed E-state index contributed by atoms with van der Waals surface area (Å²) in [5, 5.41) is 0. The minimum absolute atomic E-state index is 0.195. The quantitative estimate of drug-likeness (QED) is 0.853. The Morgan fingerprint density at radius 3 is 2.58 bits per heavy atom. The molecule has 1 aromatic rings. The van der Waals surface area contributed by atoms with Gasteiger partial charge < -0.3 is 9.80 Å². The number of hydrogen-bond donors (Lipinski definition) is 0. The highest BCUT2D eigenvalue weighted by atomic mass is 16.2. The zero-order chi connectivity index (χ0) is 16.8. The lowest BCUT2D eigenvalue weighted by Crippen LogP contribution is -2.40. The van der Waals surface area contributed by atoms with Crippen LogP contribution in [0.15, 0.2) is 24.5 Å². The number of likely N-dealkylation sites (tertiary alicyclic amines) is 2. The fourth-order valence-corrected chi connectivity index (χ4v) is 3.76. The molecule has 1 aromatic heterocycles. The van der Waals surface area contributed by atoms with Crippen molar-refractivity contribution >= 4 is 11.8 Å². The van der Waals surface area contributed by atoms with Crippen LogP contribution in [0.2, 0.25) is 0 Å². The van der Waals surface area contributed by atoms with Crippen LogP contribution >= 0.6 is 0 Å². The summed E-state index contributed by atoms with van der Waals surface area (Å²) in [7, 11) is 0. The molecule has 3 rings (SSSR count). The van der Waals surface area contributed by atoms with Gasteiger partial charge in [0, 0.05) is 51.4 Å². The summed E-state index contributed by atoms with van der Waals surface area (Å²) in [5.74, 6) is 0.946. The molecule has 0 N–H and O–H groups in total. The molecule has 2 fully saturated rings. The van der Waals surface area contributed by atoms with Crippen LogP contribution in [-0.4, -0.2) is 52.8 Å². The maximum Gasteiger partial charge on any atom is 0.224 e. The number of hydrogen-bond acceptors (Lipinski definition) is 3. The van der Waals surface area contributed by atoms with Gasteiger partial charge in [0.25, 0.3) is 0 Å². The van der Waals surface area contributed by atoms with Gasteiger partial charge in [-0.25, -0.2) is 0 Å². The molecule has 0 atom stereocenters. The van der Waals surface area contributed by atoms with Gasteiger partial charge in [0.05, 0.1) is 0 Å². The van der Waals surface area contributed by atoms with Gasteiger partial charge in [0.15, 0.2) is 0 Å². The average molecular weight is 329 g/mol. The van der Waals surface area contributed by atoms with Gasteiger partial charge >= 0.3 is 0 Å². The molecule has 2 aliphatic heterocycles. The second-order valence-electron chi connectivity index (χ2n) is 6.88. The highest BCUT2D eigenvalue weighted by molar-refractivity contribution is 5.79. The zero-order valence-corrected chi connectivity index (χ0v) is 14.3. The Kier molecular flexibility index (Phi) is 5.83. The first kappa shape index (κ1) is 16.9. The van der Waals surface area contributed by atoms with Crippen LogP contribution in [0.4, 0.5) is 0 Å². The van der Waals surface area contributed by atoms with E-state index in [2.05, 4.69) is 17.1 Å². The molecule has 0 spiro atoms. The molecule has 5 heteroatoms. The zero-order valence-electron chi connectivity index (χ0n) is 14.3. The molecule has 0 unspecified atom stereocenters. The van der Waals surface area contributed by atoms with Crippen molar-refractivity contribution in [2.75, 3.05) is 26.2 Å². The molecule has 0 aliphatic carbocycles. The van der Waals surface area contributed by atoms with Crippen molar-refractivity contribution in [3.05, 3.63) is 30.1 Å². The molecule has 2 aliphatic rings. The van der Waals surface area contributed by atoms with Gasteiger partial charge in [0.2, 0.25) is 11.8 Å². The van der Waals surface area contributed by atoms with Crippen molar-refractivity contribution in [3.8, 4) is 0 Å². The third-order valence-electron chi connectivity index (χ3n) is 5.29. The number of amides is 2. The molecular weight excluding hydrogens is 302 g/mol. The third-order valence-corrected chi connectivity index (χ3v) is 5.29. The molecular formula is C19H27N3O2. The largest absolute Gasteiger partial charge is 0.343 e. The fourth-order valence-electron chi connectivity index (χ4n) is 3.76. The lowest BCUT2D eigenvalue weighted by atomic mass is 9.90. The van der Waals surface area contributed by atoms with Gasteiger partial charge in [-0.15, -0.1) is 0 Å². The lowest BCUT2D eigenvalue weighted by Gasteiger charge is -2.33. The second kappa shape index (κ2) is 8.27. The molecule has 0 radical (unpaired) electrons. The standard InChI is InChI=1S/C19H27N3O2/c23-18-4-2-1-3-12-21(18)15-9-19(24)22-13-7-17(8-14-22)16-5-10-20-11-6-16/h5-6,10-11,17H,1-4,7-9,12-15H2. The maximum atomic E-state index is 12.5. The molecule has 2 amide bonds. The summed E-state index contributed by atoms with van der Waals surface area (Å²) in [5.41, 5.74) is 1.33. The predicted molar refractivity (Wildman–Crippen MR) is 92.5 cm³/mol. The van der Waals surface area contributed by atoms with Crippen molar-refractivity contribution in [1.82, 2.24) is 14.8 Å². The summed E-state index contributed by atoms with van der Waals surface area (Å²) in [4.78, 5) is 32.4. The first-order chi connectivity index (χ1) is 11.7. The van der Waals surface area contributed by atoms with E-state index in [1.54, 1.807) is 0 Å². The van der Waals surface area contributed by atoms with Gasteiger partial charge in [-0.3, -0.25) is 14.6 Å². The Hall–Kier alpha value is -1.91. The number of aromatic nitrogens is 1. The lowest BCUT2D eigenvalue weighted by molar-refractivity contribution is -0.134. The van der Waals surface area contributed by atoms with E-state index >= 15 is 0 Å². The van der Waals surface area contributed by atoms with Crippen LogP contribution in [0.25, 0.3) is 0 Å². The number of piperidine rings is 1. The normalized spacial score (nSPS) is 20.1. The molecule has 0 aromatic carbocycles. The molecule has 0 saturated carbocycles. The monoisotopic (exact) mass is 329 g/mol. The molecule has 0 bridgehead atoms. The molecule has 5 nitrogen and oxygen atoms in total. The highest BCUT2D eigenvalue weighted by Crippen LogP contribution is 2.27. The molecule has 130 valence electrons. The average Bonchev–Trinajstić information content (AvgIpc) is 2.85. The first-order valence-corrected chi connectivity index (χ1v) is 9.19. The smallest absolute Gasteiger partial charge is 0.224 e. The Morgan fingerprint density at radius 1 is 1.08 bits per heavy atom. The Labute approximate surface area is 144 Å². The van der Waals surface area contributed by atoms with Crippen LogP contribution in [-0.2, 0) is 9.59 Å². The third kappa shape index (κ3) is 4.34. The number of rotatable bonds is 4. The van der Waals surface area contributed by atoms with E-state index in [1.807, 2.05) is 22.2 Å². The first-order valence-electron chi connectivity index (χ1n) is 9.19. The number of carbonyl (C=O) groups excluding carboxylic acids is 2. The van der Waals surface area contributed by atoms with E-state index in [1.165, 1.54) is 5.56 Å². The topological polar surface area (TPSA) is 53.5 Å². The van der Waals surface area contributed by atoms with Crippen molar-refractivity contribution in [3.63, 3.8) is 0 Å². The van der Waals surface area contributed by atoms with Gasteiger partial charge in [-0.05, 0) is 49.3 Å². The van der Waals surface area contributed by atoms with Crippen molar-refractivity contribution in [1.29, 1.82) is 0 Å². The van der Waals surface area contributed by atoms with Crippen LogP contribution < -0.4 is 0 Å². The fraction of sp³-hybridized carbons (Fsp3) is 0.632. The van der Waals surface area contributed by atoms with Crippen LogP contribution in [0.1, 0.15) is 56.4 Å². The number of nitrogens with zero attached hydrogens (tertiary/aromatic N) is 3. The summed E-state index contributed by atoms with van der Waals surface area (Å²) < 4.78 is 0. The van der Waals surface area contributed by atoms with E-state index in [0.29, 0.717) is 25.3 Å². The van der Waals surface area contributed by atoms with E-state index in [9.17, 15) is 9.59 Å². The minimum atomic E-state index is 0.195. The van der Waals surface area contributed by atoms with Crippen molar-refractivity contribution in [2.45, 2.75) is 50.9 Å². The second-order valence-corrected chi connectivity index (χ2v) is 6.88. The summed E-state index contributed by atoms with van der Waals surface area (Å²) >= 11 is 0. The van der Waals surface area contributed by atoms with Crippen LogP contribution in [0.3, 0.4) is 0 Å². The summed E-state index contributed by atoms with van der Waals surface area (Å²) in [6, 6.07) is 4.15. The number of pyridine rings is 1. The Morgan fingerprint density at radius 2 is 1.83 bits per heavy atom. The summed E-state index contributed by atoms with van der Waals surface area (Å²) in [6.45, 7) is 3.04. The van der Waals surface area contributed by atoms with Gasteiger partial charge in [-0.1, -0.05) is 6.42 Å². The van der Waals surface area contributed by atoms with Crippen LogP contribution in [0.5, 0.6) is 0 Å². The molecule has 2 saturated heterocycles. The molecule has 3 heterocycles. The SMILES string of the molecule is O=C1CCCCCN1CCC(=O)N1CCC(c2ccncc2)CC1. The number of carbonyl (C=O) groups is 2. The van der Waals surface area contributed by atoms with Crippen molar-refractivity contribution < 1.29 is 9.59 Å². The Balaban J connectivity index is 1.44. The highest BCUT2D eigenvalue weighted by Gasteiger charge is 2.24. The van der Waals surface area contributed by atoms with E-state index in [-0.39, 0.29) is 11.8 Å². The van der Waals surface area contributed by atoms with Crippen LogP contribution in [0, 0.1) is 0 Å². The van der Waals surface area contributed by atoms with E-state index in [4.69, 9.17) is 0 Å². The summed E-state index contributed by atoms with van der Waals surface area (Å²) in [6.07, 6.45) is 9.99. The van der Waals surface area contributed by atoms with E-state index < -0.39 is 0 Å². The van der Waals surface area contributed by atoms with Crippen molar-refractivity contribution in [2.24, 2.45) is 0 Å². The van der Waals surface area contributed by atoms with Gasteiger partial charge in [0.1, 0.15) is 0 Å². The minimum Gasteiger partial charge on any atom is -0.343 e. The maximum absolute atomic E-state index is 12.5. The molecule has 24 heavy (non-hydrogen) atoms. The van der Waals surface area contributed by atoms with Gasteiger partial charge in [-0.2, -0.15) is 0 Å². The predicted octanol–water partition coefficient (Wildman–Crippen LogP) is 2.58.